The van der Waals surface area contributed by atoms with Gasteiger partial charge in [-0.05, 0) is 77.0 Å². The number of carbonyl (C=O) groups is 1. The fraction of sp³-hybridized carbons (Fsp3) is 0.476. The summed E-state index contributed by atoms with van der Waals surface area (Å²) in [5.41, 5.74) is 2.51. The molecule has 0 radical (unpaired) electrons. The molecule has 0 atom stereocenters. The summed E-state index contributed by atoms with van der Waals surface area (Å²) >= 11 is 1.30. The van der Waals surface area contributed by atoms with Gasteiger partial charge in [0.15, 0.2) is 0 Å². The summed E-state index contributed by atoms with van der Waals surface area (Å²) in [5.74, 6) is -0.400. The molecule has 0 fully saturated rings. The molecule has 0 spiro atoms. The first-order valence-corrected chi connectivity index (χ1v) is 10.9. The van der Waals surface area contributed by atoms with E-state index in [0.29, 0.717) is 17.3 Å². The molecule has 0 aliphatic heterocycles. The average Bonchev–Trinajstić information content (AvgIpc) is 2.69. The Bertz CT molecular complexity index is 912. The van der Waals surface area contributed by atoms with Crippen LogP contribution in [0.3, 0.4) is 0 Å². The molecule has 0 saturated heterocycles. The number of nitrogens with zero attached hydrogens (tertiary/aromatic N) is 3. The van der Waals surface area contributed by atoms with Gasteiger partial charge in [0.05, 0.1) is 5.75 Å². The number of fused-ring (bicyclic) bond motifs is 1. The van der Waals surface area contributed by atoms with Crippen molar-refractivity contribution in [1.29, 1.82) is 0 Å². The fourth-order valence-corrected chi connectivity index (χ4v) is 4.38. The van der Waals surface area contributed by atoms with Gasteiger partial charge in [0.25, 0.3) is 0 Å². The Balaban J connectivity index is 1.70. The number of rotatable bonds is 8. The smallest absolute Gasteiger partial charge is 0.325 e. The number of carbonyl (C=O) groups excluding carboxylic acids is 1. The van der Waals surface area contributed by atoms with Gasteiger partial charge in [-0.2, -0.15) is 4.98 Å². The lowest BCUT2D eigenvalue weighted by atomic mass is 9.97. The molecule has 0 unspecified atom stereocenters. The van der Waals surface area contributed by atoms with Crippen LogP contribution >= 0.6 is 11.8 Å². The van der Waals surface area contributed by atoms with Crippen LogP contribution in [0.5, 0.6) is 0 Å². The summed E-state index contributed by atoms with van der Waals surface area (Å²) in [7, 11) is 4.04. The first kappa shape index (κ1) is 21.5. The predicted octanol–water partition coefficient (Wildman–Crippen LogP) is 2.94. The van der Waals surface area contributed by atoms with Gasteiger partial charge in [-0.15, -0.1) is 0 Å². The molecule has 1 aliphatic carbocycles. The molecule has 0 bridgehead atoms. The van der Waals surface area contributed by atoms with Crippen molar-refractivity contribution in [3.05, 3.63) is 51.8 Å². The number of halogens is 1. The zero-order chi connectivity index (χ0) is 20.8. The van der Waals surface area contributed by atoms with E-state index in [1.54, 1.807) is 0 Å². The van der Waals surface area contributed by atoms with Gasteiger partial charge >= 0.3 is 5.69 Å². The van der Waals surface area contributed by atoms with Gasteiger partial charge < -0.3 is 10.2 Å². The number of thioether (sulfide) groups is 1. The number of hydrogen-bond acceptors (Lipinski definition) is 5. The number of aromatic nitrogens is 2. The molecule has 156 valence electrons. The maximum absolute atomic E-state index is 13.0. The lowest BCUT2D eigenvalue weighted by Gasteiger charge is -2.23. The topological polar surface area (TPSA) is 67.2 Å². The van der Waals surface area contributed by atoms with Gasteiger partial charge in [0.2, 0.25) is 5.91 Å². The highest BCUT2D eigenvalue weighted by molar-refractivity contribution is 8.00. The second-order valence-electron chi connectivity index (χ2n) is 7.48. The second-order valence-corrected chi connectivity index (χ2v) is 8.45. The summed E-state index contributed by atoms with van der Waals surface area (Å²) in [6.45, 7) is 1.59. The van der Waals surface area contributed by atoms with Crippen LogP contribution in [0.2, 0.25) is 0 Å². The first-order chi connectivity index (χ1) is 13.9. The van der Waals surface area contributed by atoms with Gasteiger partial charge in [-0.25, -0.2) is 9.18 Å². The molecule has 1 aliphatic rings. The third-order valence-corrected chi connectivity index (χ3v) is 5.92. The molecule has 1 heterocycles. The standard InChI is InChI=1S/C21H27FN4O2S/c1-25(2)12-5-13-26-18-7-4-3-6-17(18)20(24-21(26)28)29-14-19(27)23-16-10-8-15(22)9-11-16/h8-11H,3-7,12-14H2,1-2H3,(H,23,27). The highest BCUT2D eigenvalue weighted by atomic mass is 32.2. The quantitative estimate of drug-likeness (QED) is 0.527. The monoisotopic (exact) mass is 418 g/mol. The van der Waals surface area contributed by atoms with Crippen LogP contribution in [0, 0.1) is 5.82 Å². The van der Waals surface area contributed by atoms with Gasteiger partial charge in [0.1, 0.15) is 10.8 Å². The van der Waals surface area contributed by atoms with Crippen molar-refractivity contribution in [2.24, 2.45) is 0 Å². The number of nitrogens with one attached hydrogen (secondary N) is 1. The molecule has 1 aromatic heterocycles. The highest BCUT2D eigenvalue weighted by Gasteiger charge is 2.21. The predicted molar refractivity (Wildman–Crippen MR) is 114 cm³/mol. The van der Waals surface area contributed by atoms with E-state index in [1.807, 2.05) is 18.7 Å². The Labute approximate surface area is 174 Å². The van der Waals surface area contributed by atoms with E-state index in [4.69, 9.17) is 0 Å². The number of amides is 1. The molecule has 2 aromatic rings. The van der Waals surface area contributed by atoms with Crippen LogP contribution in [0.4, 0.5) is 10.1 Å². The number of benzene rings is 1. The van der Waals surface area contributed by atoms with Gasteiger partial charge in [-0.3, -0.25) is 9.36 Å². The minimum absolute atomic E-state index is 0.154. The van der Waals surface area contributed by atoms with Gasteiger partial charge in [0, 0.05) is 23.5 Å². The first-order valence-electron chi connectivity index (χ1n) is 9.89. The molecule has 8 heteroatoms. The van der Waals surface area contributed by atoms with Crippen LogP contribution in [-0.2, 0) is 24.2 Å². The Hall–Kier alpha value is -2.19. The maximum atomic E-state index is 13.0. The van der Waals surface area contributed by atoms with E-state index < -0.39 is 0 Å². The summed E-state index contributed by atoms with van der Waals surface area (Å²) in [6, 6.07) is 5.65. The lowest BCUT2D eigenvalue weighted by molar-refractivity contribution is -0.113. The highest BCUT2D eigenvalue weighted by Crippen LogP contribution is 2.28. The summed E-state index contributed by atoms with van der Waals surface area (Å²) in [5, 5.41) is 3.41. The van der Waals surface area contributed by atoms with E-state index >= 15 is 0 Å². The lowest BCUT2D eigenvalue weighted by Crippen LogP contribution is -2.31. The van der Waals surface area contributed by atoms with E-state index in [-0.39, 0.29) is 23.2 Å². The molecule has 1 N–H and O–H groups in total. The largest absolute Gasteiger partial charge is 0.348 e. The molecular weight excluding hydrogens is 391 g/mol. The second kappa shape index (κ2) is 10.0. The van der Waals surface area contributed by atoms with Crippen LogP contribution in [0.1, 0.15) is 30.5 Å². The van der Waals surface area contributed by atoms with Crippen LogP contribution < -0.4 is 11.0 Å². The third-order valence-electron chi connectivity index (χ3n) is 4.91. The van der Waals surface area contributed by atoms with Crippen molar-refractivity contribution in [2.75, 3.05) is 31.7 Å². The SMILES string of the molecule is CN(C)CCCn1c2c(c(SCC(=O)Nc3ccc(F)cc3)nc1=O)CCCC2. The third kappa shape index (κ3) is 5.90. The van der Waals surface area contributed by atoms with E-state index in [0.717, 1.165) is 49.9 Å². The van der Waals surface area contributed by atoms with E-state index in [9.17, 15) is 14.0 Å². The average molecular weight is 419 g/mol. The summed E-state index contributed by atoms with van der Waals surface area (Å²) < 4.78 is 14.8. The maximum Gasteiger partial charge on any atom is 0.348 e. The molecule has 1 aromatic carbocycles. The van der Waals surface area contributed by atoms with Crippen LogP contribution in [0.15, 0.2) is 34.1 Å². The van der Waals surface area contributed by atoms with Crippen molar-refractivity contribution in [1.82, 2.24) is 14.5 Å². The Kier molecular flexibility index (Phi) is 7.44. The Morgan fingerprint density at radius 1 is 1.24 bits per heavy atom. The molecule has 6 nitrogen and oxygen atoms in total. The van der Waals surface area contributed by atoms with Crippen molar-refractivity contribution in [3.63, 3.8) is 0 Å². The number of anilines is 1. The molecule has 29 heavy (non-hydrogen) atoms. The molecular formula is C21H27FN4O2S. The molecule has 1 amide bonds. The van der Waals surface area contributed by atoms with Gasteiger partial charge in [-0.1, -0.05) is 11.8 Å². The zero-order valence-electron chi connectivity index (χ0n) is 16.9. The van der Waals surface area contributed by atoms with Crippen molar-refractivity contribution >= 4 is 23.4 Å². The van der Waals surface area contributed by atoms with Crippen molar-refractivity contribution < 1.29 is 9.18 Å². The van der Waals surface area contributed by atoms with E-state index in [2.05, 4.69) is 15.2 Å². The van der Waals surface area contributed by atoms with Crippen molar-refractivity contribution in [3.8, 4) is 0 Å². The zero-order valence-corrected chi connectivity index (χ0v) is 17.7. The molecule has 3 rings (SSSR count). The minimum Gasteiger partial charge on any atom is -0.325 e. The summed E-state index contributed by atoms with van der Waals surface area (Å²) in [4.78, 5) is 31.3. The fourth-order valence-electron chi connectivity index (χ4n) is 3.51. The minimum atomic E-state index is -0.348. The van der Waals surface area contributed by atoms with Crippen molar-refractivity contribution in [2.45, 2.75) is 43.7 Å². The Morgan fingerprint density at radius 3 is 2.69 bits per heavy atom. The Morgan fingerprint density at radius 2 is 1.97 bits per heavy atom. The summed E-state index contributed by atoms with van der Waals surface area (Å²) in [6.07, 6.45) is 4.80. The molecule has 0 saturated carbocycles. The van der Waals surface area contributed by atoms with Crippen LogP contribution in [0.25, 0.3) is 0 Å². The number of hydrogen-bond donors (Lipinski definition) is 1. The van der Waals surface area contributed by atoms with E-state index in [1.165, 1.54) is 36.0 Å². The van der Waals surface area contributed by atoms with Crippen LogP contribution in [-0.4, -0.2) is 46.8 Å². The normalized spacial score (nSPS) is 13.4.